The molecule has 0 amide bonds. The second-order valence-corrected chi connectivity index (χ2v) is 8.40. The SMILES string of the molecule is CCOc1ccc(Br)cc1S(=O)(=O)NC(C)c1ccc(-n2cncn2)cc1. The summed E-state index contributed by atoms with van der Waals surface area (Å²) in [6.45, 7) is 3.98. The molecule has 1 atom stereocenters. The van der Waals surface area contributed by atoms with E-state index in [2.05, 4.69) is 30.7 Å². The second kappa shape index (κ2) is 8.20. The summed E-state index contributed by atoms with van der Waals surface area (Å²) >= 11 is 3.32. The molecular weight excluding hydrogens is 432 g/mol. The van der Waals surface area contributed by atoms with Crippen LogP contribution in [0.2, 0.25) is 0 Å². The monoisotopic (exact) mass is 450 g/mol. The number of hydrogen-bond acceptors (Lipinski definition) is 5. The summed E-state index contributed by atoms with van der Waals surface area (Å²) in [5, 5.41) is 4.07. The molecule has 1 aromatic heterocycles. The first-order chi connectivity index (χ1) is 12.9. The molecule has 0 radical (unpaired) electrons. The smallest absolute Gasteiger partial charge is 0.244 e. The summed E-state index contributed by atoms with van der Waals surface area (Å²) in [6.07, 6.45) is 3.06. The zero-order valence-electron chi connectivity index (χ0n) is 14.8. The van der Waals surface area contributed by atoms with Crippen molar-refractivity contribution in [2.24, 2.45) is 0 Å². The van der Waals surface area contributed by atoms with Crippen molar-refractivity contribution in [2.75, 3.05) is 6.61 Å². The molecular formula is C18H19BrN4O3S. The number of sulfonamides is 1. The first-order valence-corrected chi connectivity index (χ1v) is 10.6. The molecule has 7 nitrogen and oxygen atoms in total. The maximum Gasteiger partial charge on any atom is 0.244 e. The lowest BCUT2D eigenvalue weighted by Gasteiger charge is -2.17. The van der Waals surface area contributed by atoms with Crippen molar-refractivity contribution < 1.29 is 13.2 Å². The molecule has 9 heteroatoms. The highest BCUT2D eigenvalue weighted by Crippen LogP contribution is 2.29. The van der Waals surface area contributed by atoms with Gasteiger partial charge in [-0.2, -0.15) is 5.10 Å². The Balaban J connectivity index is 1.82. The van der Waals surface area contributed by atoms with Crippen LogP contribution in [0.25, 0.3) is 5.69 Å². The van der Waals surface area contributed by atoms with Gasteiger partial charge in [0.1, 0.15) is 23.3 Å². The van der Waals surface area contributed by atoms with Crippen LogP contribution in [-0.4, -0.2) is 29.8 Å². The Labute approximate surface area is 166 Å². The van der Waals surface area contributed by atoms with Crippen LogP contribution in [0.15, 0.2) is 64.5 Å². The van der Waals surface area contributed by atoms with Gasteiger partial charge in [0, 0.05) is 10.5 Å². The molecule has 0 fully saturated rings. The molecule has 3 aromatic rings. The molecule has 1 unspecified atom stereocenters. The van der Waals surface area contributed by atoms with Crippen LogP contribution < -0.4 is 9.46 Å². The van der Waals surface area contributed by atoms with Crippen molar-refractivity contribution in [1.82, 2.24) is 19.5 Å². The molecule has 3 rings (SSSR count). The largest absolute Gasteiger partial charge is 0.492 e. The van der Waals surface area contributed by atoms with Crippen molar-refractivity contribution in [2.45, 2.75) is 24.8 Å². The Hall–Kier alpha value is -2.23. The topological polar surface area (TPSA) is 86.1 Å². The van der Waals surface area contributed by atoms with E-state index in [-0.39, 0.29) is 4.90 Å². The van der Waals surface area contributed by atoms with Crippen LogP contribution >= 0.6 is 15.9 Å². The Morgan fingerprint density at radius 1 is 1.22 bits per heavy atom. The van der Waals surface area contributed by atoms with E-state index in [1.807, 2.05) is 31.2 Å². The first kappa shape index (κ1) is 19.5. The average molecular weight is 451 g/mol. The standard InChI is InChI=1S/C18H19BrN4O3S/c1-3-26-17-9-6-15(19)10-18(17)27(24,25)22-13(2)14-4-7-16(8-5-14)23-12-20-11-21-23/h4-13,22H,3H2,1-2H3. The summed E-state index contributed by atoms with van der Waals surface area (Å²) < 4.78 is 36.2. The van der Waals surface area contributed by atoms with E-state index in [9.17, 15) is 8.42 Å². The van der Waals surface area contributed by atoms with E-state index in [0.717, 1.165) is 11.3 Å². The maximum atomic E-state index is 12.9. The van der Waals surface area contributed by atoms with E-state index in [1.54, 1.807) is 30.1 Å². The summed E-state index contributed by atoms with van der Waals surface area (Å²) in [6, 6.07) is 11.9. The number of rotatable bonds is 7. The molecule has 0 aliphatic carbocycles. The normalized spacial score (nSPS) is 12.7. The van der Waals surface area contributed by atoms with Crippen LogP contribution in [0.4, 0.5) is 0 Å². The fourth-order valence-electron chi connectivity index (χ4n) is 2.59. The number of ether oxygens (including phenoxy) is 1. The summed E-state index contributed by atoms with van der Waals surface area (Å²) in [5.41, 5.74) is 1.67. The summed E-state index contributed by atoms with van der Waals surface area (Å²) in [4.78, 5) is 4.01. The Morgan fingerprint density at radius 3 is 2.59 bits per heavy atom. The van der Waals surface area contributed by atoms with E-state index >= 15 is 0 Å². The number of hydrogen-bond donors (Lipinski definition) is 1. The van der Waals surface area contributed by atoms with Gasteiger partial charge in [0.25, 0.3) is 0 Å². The minimum atomic E-state index is -3.77. The predicted molar refractivity (Wildman–Crippen MR) is 105 cm³/mol. The van der Waals surface area contributed by atoms with Crippen molar-refractivity contribution in [3.05, 3.63) is 65.2 Å². The van der Waals surface area contributed by atoms with Crippen LogP contribution in [0.5, 0.6) is 5.75 Å². The van der Waals surface area contributed by atoms with Gasteiger partial charge >= 0.3 is 0 Å². The van der Waals surface area contributed by atoms with E-state index < -0.39 is 16.1 Å². The number of halogens is 1. The molecule has 0 saturated carbocycles. The summed E-state index contributed by atoms with van der Waals surface area (Å²) in [7, 11) is -3.77. The third-order valence-corrected chi connectivity index (χ3v) is 5.96. The highest BCUT2D eigenvalue weighted by molar-refractivity contribution is 9.10. The van der Waals surface area contributed by atoms with Gasteiger partial charge in [-0.3, -0.25) is 0 Å². The van der Waals surface area contributed by atoms with Gasteiger partial charge in [0.2, 0.25) is 10.0 Å². The lowest BCUT2D eigenvalue weighted by molar-refractivity contribution is 0.331. The first-order valence-electron chi connectivity index (χ1n) is 8.30. The van der Waals surface area contributed by atoms with Gasteiger partial charge < -0.3 is 4.74 Å². The molecule has 0 aliphatic rings. The Morgan fingerprint density at radius 2 is 1.96 bits per heavy atom. The van der Waals surface area contributed by atoms with Gasteiger partial charge in [0.15, 0.2) is 0 Å². The Bertz CT molecular complexity index is 1010. The number of nitrogens with one attached hydrogen (secondary N) is 1. The minimum Gasteiger partial charge on any atom is -0.492 e. The van der Waals surface area contributed by atoms with Gasteiger partial charge in [-0.1, -0.05) is 28.1 Å². The highest BCUT2D eigenvalue weighted by Gasteiger charge is 2.23. The molecule has 27 heavy (non-hydrogen) atoms. The van der Waals surface area contributed by atoms with Gasteiger partial charge in [0.05, 0.1) is 12.3 Å². The molecule has 142 valence electrons. The van der Waals surface area contributed by atoms with Crippen molar-refractivity contribution in [3.63, 3.8) is 0 Å². The molecule has 0 spiro atoms. The third-order valence-electron chi connectivity index (χ3n) is 3.90. The third kappa shape index (κ3) is 4.55. The van der Waals surface area contributed by atoms with Crippen molar-refractivity contribution in [1.29, 1.82) is 0 Å². The Kier molecular flexibility index (Phi) is 5.93. The van der Waals surface area contributed by atoms with Gasteiger partial charge in [-0.15, -0.1) is 0 Å². The molecule has 1 heterocycles. The van der Waals surface area contributed by atoms with Crippen LogP contribution in [0, 0.1) is 0 Å². The zero-order valence-corrected chi connectivity index (χ0v) is 17.2. The fraction of sp³-hybridized carbons (Fsp3) is 0.222. The zero-order chi connectivity index (χ0) is 19.4. The van der Waals surface area contributed by atoms with Gasteiger partial charge in [-0.05, 0) is 49.7 Å². The van der Waals surface area contributed by atoms with Crippen molar-refractivity contribution >= 4 is 26.0 Å². The lowest BCUT2D eigenvalue weighted by Crippen LogP contribution is -2.27. The average Bonchev–Trinajstić information content (AvgIpc) is 3.18. The van der Waals surface area contributed by atoms with E-state index in [0.29, 0.717) is 16.8 Å². The predicted octanol–water partition coefficient (Wildman–Crippen LogP) is 3.47. The maximum absolute atomic E-state index is 12.9. The highest BCUT2D eigenvalue weighted by atomic mass is 79.9. The van der Waals surface area contributed by atoms with Crippen molar-refractivity contribution in [3.8, 4) is 11.4 Å². The number of nitrogens with zero attached hydrogens (tertiary/aromatic N) is 3. The van der Waals surface area contributed by atoms with E-state index in [1.165, 1.54) is 12.4 Å². The van der Waals surface area contributed by atoms with Crippen LogP contribution in [-0.2, 0) is 10.0 Å². The van der Waals surface area contributed by atoms with E-state index in [4.69, 9.17) is 4.74 Å². The number of aromatic nitrogens is 3. The molecule has 0 saturated heterocycles. The summed E-state index contributed by atoms with van der Waals surface area (Å²) in [5.74, 6) is 0.321. The fourth-order valence-corrected chi connectivity index (χ4v) is 4.50. The molecule has 2 aromatic carbocycles. The molecule has 0 bridgehead atoms. The second-order valence-electron chi connectivity index (χ2n) is 5.80. The molecule has 0 aliphatic heterocycles. The quantitative estimate of drug-likeness (QED) is 0.595. The number of benzene rings is 2. The van der Waals surface area contributed by atoms with Gasteiger partial charge in [-0.25, -0.2) is 22.8 Å². The van der Waals surface area contributed by atoms with Crippen LogP contribution in [0.1, 0.15) is 25.5 Å². The molecule has 1 N–H and O–H groups in total. The lowest BCUT2D eigenvalue weighted by atomic mass is 10.1. The van der Waals surface area contributed by atoms with Crippen LogP contribution in [0.3, 0.4) is 0 Å². The minimum absolute atomic E-state index is 0.102.